The van der Waals surface area contributed by atoms with Crippen molar-refractivity contribution < 1.29 is 8.81 Å². The highest BCUT2D eigenvalue weighted by Gasteiger charge is 2.17. The van der Waals surface area contributed by atoms with Crippen molar-refractivity contribution in [2.24, 2.45) is 0 Å². The first-order valence-corrected chi connectivity index (χ1v) is 11.6. The standard InChI is InChI=1S/C30H19FN4O/c31-22-10-7-9-21-20-8-1-4-13-26(20)35(29(21)22)27-14-5-2-11-23(27)33-19-16-17-25(32-18-19)30-34-24-12-3-6-15-28(24)36-30/h1-18,33H. The number of benzene rings is 4. The van der Waals surface area contributed by atoms with Gasteiger partial charge >= 0.3 is 0 Å². The number of nitrogens with one attached hydrogen (secondary N) is 1. The number of fused-ring (bicyclic) bond motifs is 4. The van der Waals surface area contributed by atoms with Gasteiger partial charge in [-0.2, -0.15) is 0 Å². The summed E-state index contributed by atoms with van der Waals surface area (Å²) in [5, 5.41) is 5.34. The maximum atomic E-state index is 15.1. The number of rotatable bonds is 4. The quantitative estimate of drug-likeness (QED) is 0.284. The third-order valence-corrected chi connectivity index (χ3v) is 6.35. The Morgan fingerprint density at radius 2 is 1.56 bits per heavy atom. The monoisotopic (exact) mass is 470 g/mol. The van der Waals surface area contributed by atoms with E-state index < -0.39 is 0 Å². The van der Waals surface area contributed by atoms with Crippen molar-refractivity contribution in [2.45, 2.75) is 0 Å². The van der Waals surface area contributed by atoms with Crippen molar-refractivity contribution in [1.29, 1.82) is 0 Å². The molecular weight excluding hydrogens is 451 g/mol. The molecule has 0 aliphatic rings. The Bertz CT molecular complexity index is 1850. The predicted molar refractivity (Wildman–Crippen MR) is 141 cm³/mol. The Kier molecular flexibility index (Phi) is 4.57. The third kappa shape index (κ3) is 3.23. The molecule has 7 rings (SSSR count). The molecule has 0 amide bonds. The Morgan fingerprint density at radius 1 is 0.750 bits per heavy atom. The largest absolute Gasteiger partial charge is 0.435 e. The van der Waals surface area contributed by atoms with E-state index in [4.69, 9.17) is 4.42 Å². The van der Waals surface area contributed by atoms with Crippen LogP contribution in [-0.4, -0.2) is 14.5 Å². The van der Waals surface area contributed by atoms with Gasteiger partial charge in [0.1, 0.15) is 17.0 Å². The molecule has 5 nitrogen and oxygen atoms in total. The molecule has 36 heavy (non-hydrogen) atoms. The Balaban J connectivity index is 1.30. The van der Waals surface area contributed by atoms with Crippen LogP contribution in [0.15, 0.2) is 114 Å². The van der Waals surface area contributed by atoms with Crippen LogP contribution < -0.4 is 5.32 Å². The maximum absolute atomic E-state index is 15.1. The van der Waals surface area contributed by atoms with E-state index in [9.17, 15) is 0 Å². The van der Waals surface area contributed by atoms with E-state index in [1.54, 1.807) is 12.3 Å². The first-order valence-electron chi connectivity index (χ1n) is 11.6. The molecule has 0 atom stereocenters. The highest BCUT2D eigenvalue weighted by atomic mass is 19.1. The molecule has 0 spiro atoms. The molecule has 1 N–H and O–H groups in total. The van der Waals surface area contributed by atoms with Crippen LogP contribution in [0.2, 0.25) is 0 Å². The maximum Gasteiger partial charge on any atom is 0.246 e. The molecule has 172 valence electrons. The van der Waals surface area contributed by atoms with Gasteiger partial charge in [-0.1, -0.05) is 54.6 Å². The summed E-state index contributed by atoms with van der Waals surface area (Å²) in [6.07, 6.45) is 1.74. The lowest BCUT2D eigenvalue weighted by atomic mass is 10.1. The average Bonchev–Trinajstić information content (AvgIpc) is 3.50. The van der Waals surface area contributed by atoms with Gasteiger partial charge in [0.15, 0.2) is 5.58 Å². The zero-order valence-electron chi connectivity index (χ0n) is 19.0. The first-order chi connectivity index (χ1) is 17.8. The fourth-order valence-corrected chi connectivity index (χ4v) is 4.73. The average molecular weight is 471 g/mol. The van der Waals surface area contributed by atoms with Crippen molar-refractivity contribution in [3.05, 3.63) is 115 Å². The van der Waals surface area contributed by atoms with Crippen LogP contribution in [-0.2, 0) is 0 Å². The second-order valence-electron chi connectivity index (χ2n) is 8.55. The van der Waals surface area contributed by atoms with Gasteiger partial charge in [-0.3, -0.25) is 0 Å². The Morgan fingerprint density at radius 3 is 2.44 bits per heavy atom. The molecule has 6 heteroatoms. The van der Waals surface area contributed by atoms with Gasteiger partial charge in [-0.05, 0) is 48.5 Å². The minimum Gasteiger partial charge on any atom is -0.435 e. The number of para-hydroxylation sites is 6. The number of hydrogen-bond acceptors (Lipinski definition) is 4. The minimum atomic E-state index is -0.261. The summed E-state index contributed by atoms with van der Waals surface area (Å²) in [5.74, 6) is 0.215. The van der Waals surface area contributed by atoms with E-state index in [0.717, 1.165) is 44.5 Å². The highest BCUT2D eigenvalue weighted by molar-refractivity contribution is 6.09. The molecule has 0 bridgehead atoms. The fraction of sp³-hybridized carbons (Fsp3) is 0. The number of nitrogens with zero attached hydrogens (tertiary/aromatic N) is 3. The van der Waals surface area contributed by atoms with Gasteiger partial charge in [0, 0.05) is 10.8 Å². The third-order valence-electron chi connectivity index (χ3n) is 6.35. The number of halogens is 1. The normalized spacial score (nSPS) is 11.5. The van der Waals surface area contributed by atoms with E-state index in [1.165, 1.54) is 6.07 Å². The smallest absolute Gasteiger partial charge is 0.246 e. The van der Waals surface area contributed by atoms with Crippen LogP contribution >= 0.6 is 0 Å². The fourth-order valence-electron chi connectivity index (χ4n) is 4.73. The topological polar surface area (TPSA) is 55.9 Å². The van der Waals surface area contributed by atoms with Gasteiger partial charge in [-0.15, -0.1) is 0 Å². The summed E-state index contributed by atoms with van der Waals surface area (Å²) >= 11 is 0. The highest BCUT2D eigenvalue weighted by Crippen LogP contribution is 2.36. The minimum absolute atomic E-state index is 0.261. The van der Waals surface area contributed by atoms with Crippen molar-refractivity contribution in [1.82, 2.24) is 14.5 Å². The van der Waals surface area contributed by atoms with Crippen molar-refractivity contribution >= 4 is 44.3 Å². The summed E-state index contributed by atoms with van der Waals surface area (Å²) in [4.78, 5) is 9.08. The summed E-state index contributed by atoms with van der Waals surface area (Å²) in [6, 6.07) is 32.5. The Labute approximate surface area is 205 Å². The summed E-state index contributed by atoms with van der Waals surface area (Å²) < 4.78 is 23.0. The molecule has 0 saturated carbocycles. The van der Waals surface area contributed by atoms with E-state index in [2.05, 4.69) is 15.3 Å². The molecule has 3 aromatic heterocycles. The van der Waals surface area contributed by atoms with Crippen molar-refractivity contribution in [3.8, 4) is 17.3 Å². The zero-order chi connectivity index (χ0) is 24.1. The number of aromatic nitrogens is 3. The summed E-state index contributed by atoms with van der Waals surface area (Å²) in [6.45, 7) is 0. The molecule has 4 aromatic carbocycles. The number of pyridine rings is 1. The molecular formula is C30H19FN4O. The molecule has 0 aliphatic carbocycles. The Hall–Kier alpha value is -4.97. The van der Waals surface area contributed by atoms with Gasteiger partial charge in [0.2, 0.25) is 5.89 Å². The SMILES string of the molecule is Fc1cccc2c3ccccc3n(-c3ccccc3Nc3ccc(-c4nc5ccccc5o4)nc3)c12. The number of oxazole rings is 1. The number of hydrogen-bond donors (Lipinski definition) is 1. The van der Waals surface area contributed by atoms with E-state index in [0.29, 0.717) is 17.1 Å². The second-order valence-corrected chi connectivity index (χ2v) is 8.55. The first kappa shape index (κ1) is 20.4. The summed E-state index contributed by atoms with van der Waals surface area (Å²) in [5.41, 5.74) is 6.14. The molecule has 0 aliphatic heterocycles. The molecule has 0 unspecified atom stereocenters. The predicted octanol–water partition coefficient (Wildman–Crippen LogP) is 7.87. The van der Waals surface area contributed by atoms with Crippen LogP contribution in [0.25, 0.3) is 50.2 Å². The lowest BCUT2D eigenvalue weighted by Crippen LogP contribution is -2.01. The van der Waals surface area contributed by atoms with Crippen LogP contribution in [0.1, 0.15) is 0 Å². The molecule has 0 saturated heterocycles. The van der Waals surface area contributed by atoms with Gasteiger partial charge in [-0.25, -0.2) is 14.4 Å². The molecule has 7 aromatic rings. The van der Waals surface area contributed by atoms with E-state index in [-0.39, 0.29) is 5.82 Å². The van der Waals surface area contributed by atoms with E-state index >= 15 is 4.39 Å². The second kappa shape index (κ2) is 8.06. The van der Waals surface area contributed by atoms with Crippen LogP contribution in [0.3, 0.4) is 0 Å². The van der Waals surface area contributed by atoms with Gasteiger partial charge in [0.25, 0.3) is 0 Å². The van der Waals surface area contributed by atoms with Crippen LogP contribution in [0.5, 0.6) is 0 Å². The van der Waals surface area contributed by atoms with Gasteiger partial charge in [0.05, 0.1) is 34.3 Å². The van der Waals surface area contributed by atoms with Crippen molar-refractivity contribution in [3.63, 3.8) is 0 Å². The van der Waals surface area contributed by atoms with Crippen LogP contribution in [0.4, 0.5) is 15.8 Å². The van der Waals surface area contributed by atoms with E-state index in [1.807, 2.05) is 95.6 Å². The summed E-state index contributed by atoms with van der Waals surface area (Å²) in [7, 11) is 0. The lowest BCUT2D eigenvalue weighted by molar-refractivity contribution is 0.617. The lowest BCUT2D eigenvalue weighted by Gasteiger charge is -2.15. The molecule has 0 radical (unpaired) electrons. The zero-order valence-corrected chi connectivity index (χ0v) is 19.0. The number of anilines is 2. The van der Waals surface area contributed by atoms with Crippen LogP contribution in [0, 0.1) is 5.82 Å². The molecule has 0 fully saturated rings. The van der Waals surface area contributed by atoms with Gasteiger partial charge < -0.3 is 14.3 Å². The van der Waals surface area contributed by atoms with Crippen molar-refractivity contribution in [2.75, 3.05) is 5.32 Å². The molecule has 3 heterocycles.